The second-order valence-electron chi connectivity index (χ2n) is 2.16. The summed E-state index contributed by atoms with van der Waals surface area (Å²) in [6.45, 7) is 0. The van der Waals surface area contributed by atoms with Gasteiger partial charge < -0.3 is 10.2 Å². The maximum atomic E-state index is 10.2. The minimum absolute atomic E-state index is 0.153. The van der Waals surface area contributed by atoms with Crippen molar-refractivity contribution in [1.29, 1.82) is 0 Å². The van der Waals surface area contributed by atoms with Crippen molar-refractivity contribution in [1.82, 2.24) is 9.78 Å². The summed E-state index contributed by atoms with van der Waals surface area (Å²) in [5.41, 5.74) is 0.153. The number of hydrogen-bond acceptors (Lipinski definition) is 3. The molecule has 0 bridgehead atoms. The zero-order chi connectivity index (χ0) is 8.43. The highest BCUT2D eigenvalue weighted by atomic mass is 16.4. The number of aliphatic hydroxyl groups is 1. The molecule has 0 amide bonds. The smallest absolute Gasteiger partial charge is 0.338 e. The number of aromatic nitrogens is 2. The van der Waals surface area contributed by atoms with Crippen LogP contribution in [0.3, 0.4) is 0 Å². The van der Waals surface area contributed by atoms with Crippen LogP contribution >= 0.6 is 0 Å². The van der Waals surface area contributed by atoms with E-state index in [2.05, 4.69) is 5.10 Å². The highest BCUT2D eigenvalue weighted by Crippen LogP contribution is 2.08. The highest BCUT2D eigenvalue weighted by Gasteiger charge is 2.17. The average Bonchev–Trinajstić information content (AvgIpc) is 2.34. The van der Waals surface area contributed by atoms with Crippen LogP contribution in [0.5, 0.6) is 0 Å². The quantitative estimate of drug-likeness (QED) is 0.607. The summed E-state index contributed by atoms with van der Waals surface area (Å²) < 4.78 is 1.43. The van der Waals surface area contributed by atoms with Gasteiger partial charge in [-0.2, -0.15) is 5.10 Å². The van der Waals surface area contributed by atoms with E-state index in [1.165, 1.54) is 10.7 Å². The first kappa shape index (κ1) is 7.74. The molecule has 0 aliphatic carbocycles. The molecule has 0 fully saturated rings. The number of nitrogens with zero attached hydrogens (tertiary/aromatic N) is 2. The molecule has 0 aliphatic heterocycles. The lowest BCUT2D eigenvalue weighted by Gasteiger charge is -1.98. The molecule has 60 valence electrons. The van der Waals surface area contributed by atoms with Gasteiger partial charge in [0.15, 0.2) is 6.10 Å². The summed E-state index contributed by atoms with van der Waals surface area (Å²) in [5.74, 6) is -1.29. The van der Waals surface area contributed by atoms with Crippen LogP contribution in [-0.4, -0.2) is 26.0 Å². The molecule has 1 unspecified atom stereocenters. The Morgan fingerprint density at radius 3 is 2.82 bits per heavy atom. The summed E-state index contributed by atoms with van der Waals surface area (Å²) in [4.78, 5) is 10.2. The Bertz CT molecular complexity index is 269. The maximum Gasteiger partial charge on any atom is 0.338 e. The van der Waals surface area contributed by atoms with Gasteiger partial charge in [-0.15, -0.1) is 0 Å². The number of aryl methyl sites for hydroxylation is 1. The molecule has 1 aromatic rings. The molecule has 0 aliphatic rings. The van der Waals surface area contributed by atoms with Gasteiger partial charge in [-0.1, -0.05) is 0 Å². The van der Waals surface area contributed by atoms with Crippen LogP contribution in [0.4, 0.5) is 0 Å². The minimum atomic E-state index is -1.52. The van der Waals surface area contributed by atoms with Crippen molar-refractivity contribution in [3.8, 4) is 0 Å². The van der Waals surface area contributed by atoms with Gasteiger partial charge in [0.1, 0.15) is 5.69 Å². The Balaban J connectivity index is 2.84. The molecule has 5 nitrogen and oxygen atoms in total. The lowest BCUT2D eigenvalue weighted by atomic mass is 10.3. The monoisotopic (exact) mass is 156 g/mol. The van der Waals surface area contributed by atoms with Gasteiger partial charge >= 0.3 is 5.97 Å². The molecule has 2 N–H and O–H groups in total. The second kappa shape index (κ2) is 2.71. The van der Waals surface area contributed by atoms with Crippen LogP contribution < -0.4 is 0 Å². The number of aliphatic hydroxyl groups excluding tert-OH is 1. The van der Waals surface area contributed by atoms with Crippen molar-refractivity contribution in [2.24, 2.45) is 7.05 Å². The fourth-order valence-electron chi connectivity index (χ4n) is 0.705. The fourth-order valence-corrected chi connectivity index (χ4v) is 0.705. The third-order valence-electron chi connectivity index (χ3n) is 1.25. The number of rotatable bonds is 2. The number of carboxylic acids is 1. The fraction of sp³-hybridized carbons (Fsp3) is 0.333. The first-order valence-electron chi connectivity index (χ1n) is 3.01. The molecule has 0 saturated carbocycles. The average molecular weight is 156 g/mol. The highest BCUT2D eigenvalue weighted by molar-refractivity contribution is 5.73. The summed E-state index contributed by atoms with van der Waals surface area (Å²) in [6.07, 6.45) is 0.0535. The van der Waals surface area contributed by atoms with Gasteiger partial charge in [0.25, 0.3) is 0 Å². The first-order valence-corrected chi connectivity index (χ1v) is 3.01. The lowest BCUT2D eigenvalue weighted by molar-refractivity contribution is -0.147. The summed E-state index contributed by atoms with van der Waals surface area (Å²) in [5, 5.41) is 21.0. The van der Waals surface area contributed by atoms with Crippen LogP contribution in [0.2, 0.25) is 0 Å². The van der Waals surface area contributed by atoms with Crippen molar-refractivity contribution in [3.05, 3.63) is 18.0 Å². The van der Waals surface area contributed by atoms with E-state index >= 15 is 0 Å². The molecule has 0 radical (unpaired) electrons. The van der Waals surface area contributed by atoms with Gasteiger partial charge in [0, 0.05) is 13.2 Å². The third-order valence-corrected chi connectivity index (χ3v) is 1.25. The van der Waals surface area contributed by atoms with Crippen molar-refractivity contribution in [2.75, 3.05) is 0 Å². The first-order chi connectivity index (χ1) is 5.11. The Morgan fingerprint density at radius 2 is 2.45 bits per heavy atom. The standard InChI is InChI=1S/C6H8N2O3/c1-8-3-2-4(7-8)5(9)6(10)11/h2-3,5,9H,1H3,(H,10,11). The van der Waals surface area contributed by atoms with Crippen LogP contribution in [-0.2, 0) is 11.8 Å². The van der Waals surface area contributed by atoms with E-state index in [1.807, 2.05) is 0 Å². The van der Waals surface area contributed by atoms with E-state index in [1.54, 1.807) is 13.2 Å². The van der Waals surface area contributed by atoms with E-state index < -0.39 is 12.1 Å². The second-order valence-corrected chi connectivity index (χ2v) is 2.16. The Kier molecular flexibility index (Phi) is 1.91. The predicted octanol–water partition coefficient (Wildman–Crippen LogP) is -0.462. The Morgan fingerprint density at radius 1 is 1.82 bits per heavy atom. The van der Waals surface area contributed by atoms with Crippen LogP contribution in [0, 0.1) is 0 Å². The summed E-state index contributed by atoms with van der Waals surface area (Å²) >= 11 is 0. The van der Waals surface area contributed by atoms with E-state index in [0.717, 1.165) is 0 Å². The van der Waals surface area contributed by atoms with Crippen molar-refractivity contribution < 1.29 is 15.0 Å². The largest absolute Gasteiger partial charge is 0.479 e. The zero-order valence-corrected chi connectivity index (χ0v) is 5.93. The third kappa shape index (κ3) is 1.56. The van der Waals surface area contributed by atoms with Gasteiger partial charge in [-0.05, 0) is 6.07 Å². The molecular weight excluding hydrogens is 148 g/mol. The van der Waals surface area contributed by atoms with E-state index in [-0.39, 0.29) is 5.69 Å². The topological polar surface area (TPSA) is 75.4 Å². The van der Waals surface area contributed by atoms with E-state index in [0.29, 0.717) is 0 Å². The molecule has 5 heteroatoms. The SMILES string of the molecule is Cn1ccc(C(O)C(=O)O)n1. The van der Waals surface area contributed by atoms with Gasteiger partial charge in [0.2, 0.25) is 0 Å². The molecule has 0 aromatic carbocycles. The number of carboxylic acid groups (broad SMARTS) is 1. The molecule has 0 saturated heterocycles. The zero-order valence-electron chi connectivity index (χ0n) is 5.93. The minimum Gasteiger partial charge on any atom is -0.479 e. The Labute approximate surface area is 62.9 Å². The Hall–Kier alpha value is -1.36. The molecule has 11 heavy (non-hydrogen) atoms. The number of carbonyl (C=O) groups is 1. The maximum absolute atomic E-state index is 10.2. The van der Waals surface area contributed by atoms with Crippen molar-refractivity contribution in [2.45, 2.75) is 6.10 Å². The number of hydrogen-bond donors (Lipinski definition) is 2. The summed E-state index contributed by atoms with van der Waals surface area (Å²) in [7, 11) is 1.65. The molecule has 1 heterocycles. The molecule has 1 atom stereocenters. The van der Waals surface area contributed by atoms with Gasteiger partial charge in [-0.25, -0.2) is 4.79 Å². The van der Waals surface area contributed by atoms with Crippen LogP contribution in [0.15, 0.2) is 12.3 Å². The van der Waals surface area contributed by atoms with Crippen molar-refractivity contribution in [3.63, 3.8) is 0 Å². The predicted molar refractivity (Wildman–Crippen MR) is 35.8 cm³/mol. The molecule has 1 rings (SSSR count). The molecule has 0 spiro atoms. The van der Waals surface area contributed by atoms with Gasteiger partial charge in [-0.3, -0.25) is 4.68 Å². The van der Waals surface area contributed by atoms with Gasteiger partial charge in [0.05, 0.1) is 0 Å². The molecule has 1 aromatic heterocycles. The normalized spacial score (nSPS) is 12.9. The van der Waals surface area contributed by atoms with Crippen LogP contribution in [0.25, 0.3) is 0 Å². The lowest BCUT2D eigenvalue weighted by Crippen LogP contribution is -2.11. The summed E-state index contributed by atoms with van der Waals surface area (Å²) in [6, 6.07) is 1.46. The molecular formula is C6H8N2O3. The van der Waals surface area contributed by atoms with Crippen LogP contribution in [0.1, 0.15) is 11.8 Å². The number of aliphatic carboxylic acids is 1. The van der Waals surface area contributed by atoms with E-state index in [4.69, 9.17) is 10.2 Å². The van der Waals surface area contributed by atoms with Crippen molar-refractivity contribution >= 4 is 5.97 Å². The van der Waals surface area contributed by atoms with E-state index in [9.17, 15) is 4.79 Å².